The van der Waals surface area contributed by atoms with Gasteiger partial charge in [0.25, 0.3) is 5.56 Å². The average molecular weight is 478 g/mol. The van der Waals surface area contributed by atoms with Gasteiger partial charge in [0.2, 0.25) is 0 Å². The van der Waals surface area contributed by atoms with Crippen molar-refractivity contribution in [2.75, 3.05) is 0 Å². The number of nitrogens with zero attached hydrogens (tertiary/aromatic N) is 1. The number of aromatic nitrogens is 1. The summed E-state index contributed by atoms with van der Waals surface area (Å²) < 4.78 is 56.6. The molecular formula is C24H22ClF2NO3S. The lowest BCUT2D eigenvalue weighted by molar-refractivity contribution is 0.261. The molecule has 1 aliphatic carbocycles. The Morgan fingerprint density at radius 1 is 1.00 bits per heavy atom. The molecule has 1 aliphatic rings. The minimum absolute atomic E-state index is 0.0169. The monoisotopic (exact) mass is 477 g/mol. The minimum atomic E-state index is -4.07. The quantitative estimate of drug-likeness (QED) is 0.498. The van der Waals surface area contributed by atoms with E-state index in [-0.39, 0.29) is 34.8 Å². The van der Waals surface area contributed by atoms with E-state index in [4.69, 9.17) is 11.6 Å². The number of sulfone groups is 1. The molecule has 0 saturated heterocycles. The molecule has 0 aliphatic heterocycles. The van der Waals surface area contributed by atoms with Crippen LogP contribution in [0.25, 0.3) is 0 Å². The Kier molecular flexibility index (Phi) is 6.23. The third-order valence-electron chi connectivity index (χ3n) is 6.32. The van der Waals surface area contributed by atoms with Crippen molar-refractivity contribution < 1.29 is 17.2 Å². The number of rotatable bonds is 5. The Labute approximate surface area is 190 Å². The maximum Gasteiger partial charge on any atom is 0.250 e. The molecular weight excluding hydrogens is 456 g/mol. The Morgan fingerprint density at radius 3 is 2.34 bits per heavy atom. The first-order valence-electron chi connectivity index (χ1n) is 10.3. The first kappa shape index (κ1) is 22.7. The third kappa shape index (κ3) is 4.11. The van der Waals surface area contributed by atoms with Crippen LogP contribution in [-0.2, 0) is 21.1 Å². The Morgan fingerprint density at radius 2 is 1.69 bits per heavy atom. The maximum absolute atomic E-state index is 14.9. The second-order valence-electron chi connectivity index (χ2n) is 8.21. The van der Waals surface area contributed by atoms with E-state index >= 15 is 0 Å². The first-order chi connectivity index (χ1) is 15.2. The summed E-state index contributed by atoms with van der Waals surface area (Å²) in [4.78, 5) is 12.1. The van der Waals surface area contributed by atoms with Crippen molar-refractivity contribution in [1.29, 1.82) is 0 Å². The fraction of sp³-hybridized carbons (Fsp3) is 0.292. The van der Waals surface area contributed by atoms with Crippen LogP contribution in [0.2, 0.25) is 5.02 Å². The summed E-state index contributed by atoms with van der Waals surface area (Å²) in [5, 5.41) is 0.381. The summed E-state index contributed by atoms with van der Waals surface area (Å²) in [5.74, 6) is -1.40. The standard InChI is InChI=1S/C24H22ClF2NO3S/c25-18-4-7-20(8-5-18)32(30,31)24(21-15-19(26)6-9-22(21)27)12-10-17(11-13-24)16-28-14-2-1-3-23(28)29/h1-9,14-15,17H,10-13,16H2/t17-,24+. The molecule has 0 amide bonds. The van der Waals surface area contributed by atoms with Crippen LogP contribution >= 0.6 is 11.6 Å². The van der Waals surface area contributed by atoms with Crippen LogP contribution < -0.4 is 5.56 Å². The van der Waals surface area contributed by atoms with Gasteiger partial charge >= 0.3 is 0 Å². The molecule has 1 aromatic heterocycles. The van der Waals surface area contributed by atoms with Gasteiger partial charge in [-0.1, -0.05) is 17.7 Å². The highest BCUT2D eigenvalue weighted by Crippen LogP contribution is 2.49. The second-order valence-corrected chi connectivity index (χ2v) is 10.9. The van der Waals surface area contributed by atoms with Crippen molar-refractivity contribution in [3.8, 4) is 0 Å². The third-order valence-corrected chi connectivity index (χ3v) is 9.13. The van der Waals surface area contributed by atoms with E-state index in [1.165, 1.54) is 30.3 Å². The number of pyridine rings is 1. The fourth-order valence-corrected chi connectivity index (χ4v) is 6.88. The van der Waals surface area contributed by atoms with Gasteiger partial charge in [-0.3, -0.25) is 4.79 Å². The molecule has 2 aromatic carbocycles. The highest BCUT2D eigenvalue weighted by atomic mass is 35.5. The summed E-state index contributed by atoms with van der Waals surface area (Å²) in [6.45, 7) is 0.447. The molecule has 0 atom stereocenters. The molecule has 4 nitrogen and oxygen atoms in total. The summed E-state index contributed by atoms with van der Waals surface area (Å²) in [6, 6.07) is 13.6. The lowest BCUT2D eigenvalue weighted by Gasteiger charge is -2.40. The highest BCUT2D eigenvalue weighted by molar-refractivity contribution is 7.92. The maximum atomic E-state index is 14.9. The topological polar surface area (TPSA) is 56.1 Å². The van der Waals surface area contributed by atoms with E-state index < -0.39 is 26.2 Å². The van der Waals surface area contributed by atoms with Crippen molar-refractivity contribution in [2.45, 2.75) is 41.9 Å². The van der Waals surface area contributed by atoms with Gasteiger partial charge in [0, 0.05) is 29.4 Å². The van der Waals surface area contributed by atoms with Gasteiger partial charge < -0.3 is 4.57 Å². The van der Waals surface area contributed by atoms with Crippen molar-refractivity contribution in [2.24, 2.45) is 5.92 Å². The van der Waals surface area contributed by atoms with Gasteiger partial charge in [0.1, 0.15) is 16.4 Å². The molecule has 168 valence electrons. The van der Waals surface area contributed by atoms with Gasteiger partial charge in [-0.2, -0.15) is 0 Å². The summed E-state index contributed by atoms with van der Waals surface area (Å²) >= 11 is 5.92. The number of hydrogen-bond donors (Lipinski definition) is 0. The first-order valence-corrected chi connectivity index (χ1v) is 12.2. The van der Waals surface area contributed by atoms with Crippen LogP contribution in [0.3, 0.4) is 0 Å². The Balaban J connectivity index is 1.73. The molecule has 8 heteroatoms. The number of benzene rings is 2. The number of hydrogen-bond acceptors (Lipinski definition) is 3. The summed E-state index contributed by atoms with van der Waals surface area (Å²) in [5.41, 5.74) is -0.280. The zero-order chi connectivity index (χ0) is 22.9. The minimum Gasteiger partial charge on any atom is -0.315 e. The molecule has 0 N–H and O–H groups in total. The van der Waals surface area contributed by atoms with Gasteiger partial charge in [0.05, 0.1) is 4.90 Å². The normalized spacial score (nSPS) is 21.4. The zero-order valence-corrected chi connectivity index (χ0v) is 18.8. The lowest BCUT2D eigenvalue weighted by atomic mass is 9.77. The second kappa shape index (κ2) is 8.79. The molecule has 0 spiro atoms. The predicted octanol–water partition coefficient (Wildman–Crippen LogP) is 5.34. The molecule has 0 radical (unpaired) electrons. The van der Waals surface area contributed by atoms with E-state index in [0.717, 1.165) is 18.2 Å². The molecule has 3 aromatic rings. The molecule has 1 heterocycles. The van der Waals surface area contributed by atoms with E-state index in [1.54, 1.807) is 22.9 Å². The van der Waals surface area contributed by atoms with Crippen LogP contribution in [0.15, 0.2) is 76.6 Å². The van der Waals surface area contributed by atoms with Crippen molar-refractivity contribution in [3.63, 3.8) is 0 Å². The largest absolute Gasteiger partial charge is 0.315 e. The lowest BCUT2D eigenvalue weighted by Crippen LogP contribution is -2.41. The van der Waals surface area contributed by atoms with E-state index in [9.17, 15) is 22.0 Å². The molecule has 4 rings (SSSR count). The van der Waals surface area contributed by atoms with Crippen LogP contribution in [0, 0.1) is 17.6 Å². The predicted molar refractivity (Wildman–Crippen MR) is 119 cm³/mol. The number of halogens is 3. The molecule has 1 saturated carbocycles. The van der Waals surface area contributed by atoms with E-state index in [1.807, 2.05) is 0 Å². The van der Waals surface area contributed by atoms with Crippen molar-refractivity contribution in [1.82, 2.24) is 4.57 Å². The molecule has 1 fully saturated rings. The van der Waals surface area contributed by atoms with Gasteiger partial charge in [-0.25, -0.2) is 17.2 Å². The summed E-state index contributed by atoms with van der Waals surface area (Å²) in [6.07, 6.45) is 2.82. The molecule has 32 heavy (non-hydrogen) atoms. The van der Waals surface area contributed by atoms with Gasteiger partial charge in [0.15, 0.2) is 9.84 Å². The smallest absolute Gasteiger partial charge is 0.250 e. The van der Waals surface area contributed by atoms with Crippen LogP contribution in [0.4, 0.5) is 8.78 Å². The van der Waals surface area contributed by atoms with Crippen LogP contribution in [-0.4, -0.2) is 13.0 Å². The highest BCUT2D eigenvalue weighted by Gasteiger charge is 2.50. The van der Waals surface area contributed by atoms with Crippen molar-refractivity contribution >= 4 is 21.4 Å². The summed E-state index contributed by atoms with van der Waals surface area (Å²) in [7, 11) is -4.07. The zero-order valence-electron chi connectivity index (χ0n) is 17.2. The van der Waals surface area contributed by atoms with E-state index in [0.29, 0.717) is 24.4 Å². The van der Waals surface area contributed by atoms with Crippen molar-refractivity contribution in [3.05, 3.63) is 99.4 Å². The van der Waals surface area contributed by atoms with Crippen LogP contribution in [0.5, 0.6) is 0 Å². The molecule has 0 bridgehead atoms. The Bertz CT molecular complexity index is 1280. The Hall–Kier alpha value is -2.51. The SMILES string of the molecule is O=c1ccccn1C[C@H]1CC[C@@](c2cc(F)ccc2F)(S(=O)(=O)c2ccc(Cl)cc2)CC1. The molecule has 0 unspecified atom stereocenters. The van der Waals surface area contributed by atoms with Gasteiger partial charge in [-0.05, 0) is 80.1 Å². The van der Waals surface area contributed by atoms with Gasteiger partial charge in [-0.15, -0.1) is 0 Å². The van der Waals surface area contributed by atoms with E-state index in [2.05, 4.69) is 0 Å². The average Bonchev–Trinajstić information content (AvgIpc) is 2.78. The van der Waals surface area contributed by atoms with Crippen LogP contribution in [0.1, 0.15) is 31.2 Å². The fourth-order valence-electron chi connectivity index (χ4n) is 4.58.